The number of hydrogen-bond donors (Lipinski definition) is 3. The first-order valence-corrected chi connectivity index (χ1v) is 14.1. The van der Waals surface area contributed by atoms with Crippen molar-refractivity contribution in [3.05, 3.63) is 82.2 Å². The van der Waals surface area contributed by atoms with Crippen molar-refractivity contribution in [2.24, 2.45) is 0 Å². The van der Waals surface area contributed by atoms with Gasteiger partial charge in [0.15, 0.2) is 5.15 Å². The first-order chi connectivity index (χ1) is 21.4. The summed E-state index contributed by atoms with van der Waals surface area (Å²) >= 11 is 12.7. The molecule has 4 rings (SSSR count). The number of anilines is 1. The van der Waals surface area contributed by atoms with E-state index in [1.807, 2.05) is 0 Å². The fourth-order valence-electron chi connectivity index (χ4n) is 3.93. The second-order valence-electron chi connectivity index (χ2n) is 10.4. The predicted molar refractivity (Wildman–Crippen MR) is 167 cm³/mol. The zero-order valence-corrected chi connectivity index (χ0v) is 26.1. The van der Waals surface area contributed by atoms with Gasteiger partial charge in [-0.25, -0.2) is 9.59 Å². The van der Waals surface area contributed by atoms with Crippen LogP contribution < -0.4 is 16.0 Å². The fourth-order valence-corrected chi connectivity index (χ4v) is 4.34. The van der Waals surface area contributed by atoms with Crippen LogP contribution in [0.4, 0.5) is 15.3 Å². The molecule has 4 aromatic rings. The van der Waals surface area contributed by atoms with Gasteiger partial charge in [-0.2, -0.15) is 4.68 Å². The van der Waals surface area contributed by atoms with Crippen LogP contribution in [-0.4, -0.2) is 67.8 Å². The highest BCUT2D eigenvalue weighted by atomic mass is 35.5. The molecule has 14 nitrogen and oxygen atoms in total. The molecule has 0 saturated carbocycles. The molecule has 1 unspecified atom stereocenters. The van der Waals surface area contributed by atoms with Crippen LogP contribution in [0.5, 0.6) is 0 Å². The van der Waals surface area contributed by atoms with Crippen molar-refractivity contribution < 1.29 is 23.9 Å². The quantitative estimate of drug-likeness (QED) is 0.208. The van der Waals surface area contributed by atoms with Crippen LogP contribution in [0.25, 0.3) is 23.0 Å². The highest BCUT2D eigenvalue weighted by Gasteiger charge is 2.22. The second-order valence-corrected chi connectivity index (χ2v) is 11.2. The van der Waals surface area contributed by atoms with Gasteiger partial charge in [0.1, 0.15) is 11.9 Å². The van der Waals surface area contributed by atoms with Crippen LogP contribution in [0.1, 0.15) is 37.9 Å². The molecule has 0 fully saturated rings. The van der Waals surface area contributed by atoms with E-state index in [4.69, 9.17) is 27.9 Å². The van der Waals surface area contributed by atoms with Gasteiger partial charge in [-0.1, -0.05) is 35.3 Å². The Morgan fingerprint density at radius 2 is 1.78 bits per heavy atom. The van der Waals surface area contributed by atoms with E-state index in [0.29, 0.717) is 38.8 Å². The number of carbonyl (C=O) groups excluding carboxylic acids is 3. The maximum absolute atomic E-state index is 13.2. The summed E-state index contributed by atoms with van der Waals surface area (Å²) in [7, 11) is 1.27. The molecule has 2 aromatic carbocycles. The molecule has 0 bridgehead atoms. The largest absolute Gasteiger partial charge is 0.453 e. The van der Waals surface area contributed by atoms with Gasteiger partial charge in [-0.05, 0) is 73.7 Å². The Morgan fingerprint density at radius 1 is 1.02 bits per heavy atom. The van der Waals surface area contributed by atoms with Crippen molar-refractivity contribution in [3.63, 3.8) is 0 Å². The number of aromatic nitrogens is 6. The van der Waals surface area contributed by atoms with Crippen molar-refractivity contribution >= 4 is 53.1 Å². The number of methoxy groups -OCH3 is 1. The molecule has 0 aliphatic rings. The first-order valence-electron chi connectivity index (χ1n) is 13.4. The summed E-state index contributed by atoms with van der Waals surface area (Å²) in [6.45, 7) is 5.11. The number of tetrazole rings is 1. The average molecular weight is 655 g/mol. The SMILES string of the molecule is COC(=O)Nc1ccc(-c2cc(C(CNC(=O)OC(C)(C)C)NC(=O)C=Cc3cc(Cl)ccc3-n3cnnn3)c(Cl)nn2)cc1. The molecule has 0 aliphatic heterocycles. The van der Waals surface area contributed by atoms with Gasteiger partial charge in [-0.3, -0.25) is 10.1 Å². The average Bonchev–Trinajstić information content (AvgIpc) is 3.53. The Balaban J connectivity index is 1.60. The van der Waals surface area contributed by atoms with Crippen LogP contribution in [0.3, 0.4) is 0 Å². The topological polar surface area (TPSA) is 175 Å². The molecular weight excluding hydrogens is 625 g/mol. The molecule has 1 atom stereocenters. The predicted octanol–water partition coefficient (Wildman–Crippen LogP) is 5.00. The first kappa shape index (κ1) is 32.8. The summed E-state index contributed by atoms with van der Waals surface area (Å²) in [4.78, 5) is 37.2. The zero-order chi connectivity index (χ0) is 32.6. The third kappa shape index (κ3) is 9.45. The van der Waals surface area contributed by atoms with E-state index in [-0.39, 0.29) is 11.7 Å². The van der Waals surface area contributed by atoms with E-state index in [1.54, 1.807) is 75.4 Å². The van der Waals surface area contributed by atoms with Gasteiger partial charge in [-0.15, -0.1) is 15.3 Å². The summed E-state index contributed by atoms with van der Waals surface area (Å²) in [5, 5.41) is 28.0. The second kappa shape index (κ2) is 14.6. The molecule has 3 amide bonds. The van der Waals surface area contributed by atoms with Gasteiger partial charge in [0, 0.05) is 40.0 Å². The third-order valence-electron chi connectivity index (χ3n) is 5.93. The number of benzene rings is 2. The standard InChI is InChI=1S/C29H29Cl2N9O5/c1-29(2,3)45-27(42)32-15-23(35-25(41)12-7-18-13-19(30)8-11-24(18)40-16-33-38-39-40)21-14-22(36-37-26(21)31)17-5-9-20(10-6-17)34-28(43)44-4/h5-14,16,23H,15H2,1-4H3,(H,32,42)(H,34,43)(H,35,41). The molecule has 3 N–H and O–H groups in total. The highest BCUT2D eigenvalue weighted by molar-refractivity contribution is 6.31. The van der Waals surface area contributed by atoms with Gasteiger partial charge in [0.2, 0.25) is 5.91 Å². The minimum atomic E-state index is -0.852. The molecule has 234 valence electrons. The van der Waals surface area contributed by atoms with Crippen LogP contribution in [0, 0.1) is 0 Å². The molecule has 2 heterocycles. The lowest BCUT2D eigenvalue weighted by Crippen LogP contribution is -2.40. The molecule has 16 heteroatoms. The maximum Gasteiger partial charge on any atom is 0.411 e. The lowest BCUT2D eigenvalue weighted by Gasteiger charge is -2.23. The number of hydrogen-bond acceptors (Lipinski definition) is 10. The number of halogens is 2. The van der Waals surface area contributed by atoms with Crippen molar-refractivity contribution in [1.29, 1.82) is 0 Å². The molecule has 0 spiro atoms. The number of nitrogens with zero attached hydrogens (tertiary/aromatic N) is 6. The van der Waals surface area contributed by atoms with Crippen molar-refractivity contribution in [2.45, 2.75) is 32.4 Å². The molecule has 0 radical (unpaired) electrons. The van der Waals surface area contributed by atoms with E-state index in [0.717, 1.165) is 0 Å². The highest BCUT2D eigenvalue weighted by Crippen LogP contribution is 2.27. The van der Waals surface area contributed by atoms with E-state index in [2.05, 4.69) is 46.4 Å². The summed E-state index contributed by atoms with van der Waals surface area (Å²) in [6.07, 6.45) is 2.98. The zero-order valence-electron chi connectivity index (χ0n) is 24.6. The number of carbonyl (C=O) groups is 3. The van der Waals surface area contributed by atoms with Gasteiger partial charge in [0.05, 0.1) is 24.5 Å². The molecule has 0 aliphatic carbocycles. The lowest BCUT2D eigenvalue weighted by atomic mass is 10.0. The Bertz CT molecular complexity index is 1690. The van der Waals surface area contributed by atoms with Crippen molar-refractivity contribution in [3.8, 4) is 16.9 Å². The van der Waals surface area contributed by atoms with Crippen LogP contribution in [-0.2, 0) is 14.3 Å². The number of rotatable bonds is 9. The van der Waals surface area contributed by atoms with Crippen LogP contribution in [0.15, 0.2) is 60.9 Å². The maximum atomic E-state index is 13.2. The minimum Gasteiger partial charge on any atom is -0.453 e. The Hall–Kier alpha value is -5.08. The van der Waals surface area contributed by atoms with Gasteiger partial charge < -0.3 is 20.1 Å². The fraction of sp³-hybridized carbons (Fsp3) is 0.241. The number of amides is 3. The monoisotopic (exact) mass is 653 g/mol. The van der Waals surface area contributed by atoms with Crippen LogP contribution in [0.2, 0.25) is 10.2 Å². The van der Waals surface area contributed by atoms with E-state index in [9.17, 15) is 14.4 Å². The van der Waals surface area contributed by atoms with Gasteiger partial charge >= 0.3 is 12.2 Å². The van der Waals surface area contributed by atoms with E-state index >= 15 is 0 Å². The smallest absolute Gasteiger partial charge is 0.411 e. The molecular formula is C29H29Cl2N9O5. The Labute approximate surface area is 268 Å². The number of nitrogens with one attached hydrogen (secondary N) is 3. The summed E-state index contributed by atoms with van der Waals surface area (Å²) < 4.78 is 11.4. The summed E-state index contributed by atoms with van der Waals surface area (Å²) in [5.41, 5.74) is 2.40. The van der Waals surface area contributed by atoms with Gasteiger partial charge in [0.25, 0.3) is 0 Å². The summed E-state index contributed by atoms with van der Waals surface area (Å²) in [6, 6.07) is 12.6. The normalized spacial score (nSPS) is 12.0. The van der Waals surface area contributed by atoms with E-state index in [1.165, 1.54) is 24.2 Å². The van der Waals surface area contributed by atoms with Crippen molar-refractivity contribution in [2.75, 3.05) is 19.0 Å². The van der Waals surface area contributed by atoms with E-state index < -0.39 is 29.7 Å². The minimum absolute atomic E-state index is 0.0128. The molecule has 45 heavy (non-hydrogen) atoms. The number of ether oxygens (including phenoxy) is 2. The Morgan fingerprint density at radius 3 is 2.44 bits per heavy atom. The molecule has 2 aromatic heterocycles. The Kier molecular flexibility index (Phi) is 10.6. The summed E-state index contributed by atoms with van der Waals surface area (Å²) in [5.74, 6) is -0.513. The van der Waals surface area contributed by atoms with Crippen molar-refractivity contribution in [1.82, 2.24) is 41.0 Å². The van der Waals surface area contributed by atoms with Crippen LogP contribution >= 0.6 is 23.2 Å². The lowest BCUT2D eigenvalue weighted by molar-refractivity contribution is -0.117. The third-order valence-corrected chi connectivity index (χ3v) is 6.46. The number of alkyl carbamates (subject to hydrolysis) is 1. The molecule has 0 saturated heterocycles.